The lowest BCUT2D eigenvalue weighted by molar-refractivity contribution is 0.233. The number of aliphatic hydroxyl groups excluding tert-OH is 1. The highest BCUT2D eigenvalue weighted by atomic mass is 32.2. The number of nitrogens with one attached hydrogen (secondary N) is 1. The monoisotopic (exact) mass is 271 g/mol. The van der Waals surface area contributed by atoms with Gasteiger partial charge in [-0.15, -0.1) is 0 Å². The van der Waals surface area contributed by atoms with Crippen LogP contribution in [0.5, 0.6) is 0 Å². The van der Waals surface area contributed by atoms with Gasteiger partial charge in [0.2, 0.25) is 10.0 Å². The molecule has 0 radical (unpaired) electrons. The molecule has 0 fully saturated rings. The Kier molecular flexibility index (Phi) is 5.31. The second kappa shape index (κ2) is 6.31. The van der Waals surface area contributed by atoms with Crippen molar-refractivity contribution in [3.05, 3.63) is 35.9 Å². The first-order chi connectivity index (χ1) is 8.41. The fourth-order valence-electron chi connectivity index (χ4n) is 1.75. The van der Waals surface area contributed by atoms with Crippen molar-refractivity contribution in [1.82, 2.24) is 4.72 Å². The molecule has 0 saturated heterocycles. The van der Waals surface area contributed by atoms with Crippen LogP contribution in [0.2, 0.25) is 0 Å². The Labute approximate surface area is 109 Å². The summed E-state index contributed by atoms with van der Waals surface area (Å²) in [7, 11) is -3.39. The molecule has 0 aliphatic carbocycles. The third kappa shape index (κ3) is 4.76. The minimum absolute atomic E-state index is 0.0296. The van der Waals surface area contributed by atoms with E-state index >= 15 is 0 Å². The maximum absolute atomic E-state index is 12.1. The summed E-state index contributed by atoms with van der Waals surface area (Å²) in [6.07, 6.45) is 1.05. The summed E-state index contributed by atoms with van der Waals surface area (Å²) in [6, 6.07) is 9.06. The SMILES string of the molecule is CCC(C)(CCO)NS(=O)(=O)Cc1ccccc1. The summed E-state index contributed by atoms with van der Waals surface area (Å²) < 4.78 is 26.8. The van der Waals surface area contributed by atoms with Crippen LogP contribution in [-0.4, -0.2) is 25.7 Å². The van der Waals surface area contributed by atoms with Gasteiger partial charge >= 0.3 is 0 Å². The summed E-state index contributed by atoms with van der Waals surface area (Å²) in [4.78, 5) is 0. The molecule has 0 aliphatic rings. The third-order valence-electron chi connectivity index (χ3n) is 3.05. The van der Waals surface area contributed by atoms with Gasteiger partial charge in [-0.25, -0.2) is 13.1 Å². The van der Waals surface area contributed by atoms with E-state index in [2.05, 4.69) is 4.72 Å². The molecule has 5 heteroatoms. The lowest BCUT2D eigenvalue weighted by atomic mass is 9.97. The van der Waals surface area contributed by atoms with Gasteiger partial charge in [0.1, 0.15) is 0 Å². The van der Waals surface area contributed by atoms with Gasteiger partial charge in [-0.3, -0.25) is 0 Å². The highest BCUT2D eigenvalue weighted by Gasteiger charge is 2.27. The van der Waals surface area contributed by atoms with Crippen LogP contribution < -0.4 is 4.72 Å². The molecule has 0 amide bonds. The van der Waals surface area contributed by atoms with Crippen molar-refractivity contribution in [3.63, 3.8) is 0 Å². The number of sulfonamides is 1. The van der Waals surface area contributed by atoms with Crippen LogP contribution in [0.25, 0.3) is 0 Å². The molecule has 2 N–H and O–H groups in total. The maximum atomic E-state index is 12.1. The van der Waals surface area contributed by atoms with Gasteiger partial charge in [0.15, 0.2) is 0 Å². The summed E-state index contributed by atoms with van der Waals surface area (Å²) in [6.45, 7) is 3.69. The lowest BCUT2D eigenvalue weighted by Crippen LogP contribution is -2.46. The van der Waals surface area contributed by atoms with Crippen LogP contribution in [0.1, 0.15) is 32.3 Å². The standard InChI is InChI=1S/C13H21NO3S/c1-3-13(2,9-10-15)14-18(16,17)11-12-7-5-4-6-8-12/h4-8,14-15H,3,9-11H2,1-2H3. The third-order valence-corrected chi connectivity index (χ3v) is 4.56. The van der Waals surface area contributed by atoms with E-state index in [4.69, 9.17) is 5.11 Å². The molecule has 1 aromatic rings. The fourth-order valence-corrected chi connectivity index (χ4v) is 3.45. The zero-order chi connectivity index (χ0) is 13.6. The lowest BCUT2D eigenvalue weighted by Gasteiger charge is -2.28. The number of aliphatic hydroxyl groups is 1. The Morgan fingerprint density at radius 3 is 2.39 bits per heavy atom. The van der Waals surface area contributed by atoms with Crippen LogP contribution in [-0.2, 0) is 15.8 Å². The van der Waals surface area contributed by atoms with Crippen molar-refractivity contribution in [2.75, 3.05) is 6.61 Å². The largest absolute Gasteiger partial charge is 0.396 e. The van der Waals surface area contributed by atoms with Crippen LogP contribution in [0.15, 0.2) is 30.3 Å². The Hall–Kier alpha value is -0.910. The number of hydrogen-bond donors (Lipinski definition) is 2. The topological polar surface area (TPSA) is 66.4 Å². The van der Waals surface area contributed by atoms with Crippen molar-refractivity contribution in [1.29, 1.82) is 0 Å². The molecular formula is C13H21NO3S. The predicted molar refractivity (Wildman–Crippen MR) is 72.6 cm³/mol. The van der Waals surface area contributed by atoms with Gasteiger partial charge in [-0.05, 0) is 25.3 Å². The zero-order valence-corrected chi connectivity index (χ0v) is 11.7. The van der Waals surface area contributed by atoms with E-state index in [1.54, 1.807) is 12.1 Å². The quantitative estimate of drug-likeness (QED) is 0.792. The molecule has 0 bridgehead atoms. The van der Waals surface area contributed by atoms with E-state index in [0.29, 0.717) is 12.8 Å². The highest BCUT2D eigenvalue weighted by Crippen LogP contribution is 2.17. The Bertz CT molecular complexity index is 458. The zero-order valence-electron chi connectivity index (χ0n) is 10.9. The van der Waals surface area contributed by atoms with Crippen LogP contribution in [0, 0.1) is 0 Å². The van der Waals surface area contributed by atoms with Crippen molar-refractivity contribution < 1.29 is 13.5 Å². The van der Waals surface area contributed by atoms with Crippen LogP contribution >= 0.6 is 0 Å². The van der Waals surface area contributed by atoms with Crippen LogP contribution in [0.3, 0.4) is 0 Å². The van der Waals surface area contributed by atoms with Gasteiger partial charge in [0.05, 0.1) is 5.75 Å². The Morgan fingerprint density at radius 2 is 1.89 bits per heavy atom. The average molecular weight is 271 g/mol. The molecule has 0 aromatic heterocycles. The fraction of sp³-hybridized carbons (Fsp3) is 0.538. The van der Waals surface area contributed by atoms with E-state index < -0.39 is 15.6 Å². The summed E-state index contributed by atoms with van der Waals surface area (Å²) in [5, 5.41) is 8.98. The Balaban J connectivity index is 2.76. The predicted octanol–water partition coefficient (Wildman–Crippen LogP) is 1.66. The normalized spacial score (nSPS) is 15.3. The molecule has 0 heterocycles. The number of benzene rings is 1. The summed E-state index contributed by atoms with van der Waals surface area (Å²) in [5.41, 5.74) is 0.176. The molecule has 1 unspecified atom stereocenters. The molecule has 102 valence electrons. The second-order valence-electron chi connectivity index (χ2n) is 4.73. The van der Waals surface area contributed by atoms with Crippen molar-refractivity contribution in [2.45, 2.75) is 38.0 Å². The van der Waals surface area contributed by atoms with Crippen molar-refractivity contribution in [2.24, 2.45) is 0 Å². The van der Waals surface area contributed by atoms with E-state index in [1.165, 1.54) is 0 Å². The van der Waals surface area contributed by atoms with Crippen molar-refractivity contribution in [3.8, 4) is 0 Å². The molecule has 0 aliphatic heterocycles. The van der Waals surface area contributed by atoms with E-state index in [9.17, 15) is 8.42 Å². The number of hydrogen-bond acceptors (Lipinski definition) is 3. The summed E-state index contributed by atoms with van der Waals surface area (Å²) in [5.74, 6) is -0.0329. The molecule has 1 atom stereocenters. The molecular weight excluding hydrogens is 250 g/mol. The first-order valence-corrected chi connectivity index (χ1v) is 7.72. The first kappa shape index (κ1) is 15.1. The van der Waals surface area contributed by atoms with Gasteiger partial charge < -0.3 is 5.11 Å². The van der Waals surface area contributed by atoms with Crippen LogP contribution in [0.4, 0.5) is 0 Å². The van der Waals surface area contributed by atoms with Gasteiger partial charge in [0, 0.05) is 12.1 Å². The molecule has 0 saturated carbocycles. The molecule has 18 heavy (non-hydrogen) atoms. The van der Waals surface area contributed by atoms with E-state index in [0.717, 1.165) is 5.56 Å². The summed E-state index contributed by atoms with van der Waals surface area (Å²) >= 11 is 0. The smallest absolute Gasteiger partial charge is 0.216 e. The maximum Gasteiger partial charge on any atom is 0.216 e. The minimum atomic E-state index is -3.39. The molecule has 4 nitrogen and oxygen atoms in total. The average Bonchev–Trinajstić information content (AvgIpc) is 2.29. The molecule has 1 aromatic carbocycles. The van der Waals surface area contributed by atoms with Crippen molar-refractivity contribution >= 4 is 10.0 Å². The second-order valence-corrected chi connectivity index (χ2v) is 6.46. The van der Waals surface area contributed by atoms with Gasteiger partial charge in [-0.2, -0.15) is 0 Å². The van der Waals surface area contributed by atoms with E-state index in [-0.39, 0.29) is 12.4 Å². The molecule has 0 spiro atoms. The number of rotatable bonds is 7. The highest BCUT2D eigenvalue weighted by molar-refractivity contribution is 7.88. The first-order valence-electron chi connectivity index (χ1n) is 6.07. The molecule has 1 rings (SSSR count). The van der Waals surface area contributed by atoms with E-state index in [1.807, 2.05) is 32.0 Å². The Morgan fingerprint density at radius 1 is 1.28 bits per heavy atom. The minimum Gasteiger partial charge on any atom is -0.396 e. The van der Waals surface area contributed by atoms with Gasteiger partial charge in [-0.1, -0.05) is 37.3 Å². The van der Waals surface area contributed by atoms with Gasteiger partial charge in [0.25, 0.3) is 0 Å².